The number of carbonyl (C=O) groups excluding carboxylic acids is 1. The van der Waals surface area contributed by atoms with E-state index in [0.717, 1.165) is 0 Å². The van der Waals surface area contributed by atoms with Crippen molar-refractivity contribution < 1.29 is 4.79 Å². The molecular weight excluding hydrogens is 128 g/mol. The van der Waals surface area contributed by atoms with Gasteiger partial charge >= 0.3 is 0 Å². The van der Waals surface area contributed by atoms with Gasteiger partial charge in [0.25, 0.3) is 0 Å². The lowest BCUT2D eigenvalue weighted by atomic mass is 10.3. The van der Waals surface area contributed by atoms with Gasteiger partial charge in [-0.1, -0.05) is 5.92 Å². The third-order valence-electron chi connectivity index (χ3n) is 1.09. The zero-order valence-corrected chi connectivity index (χ0v) is 6.29. The second-order valence-electron chi connectivity index (χ2n) is 2.19. The lowest BCUT2D eigenvalue weighted by Gasteiger charge is -2.15. The van der Waals surface area contributed by atoms with Gasteiger partial charge in [-0.05, 0) is 6.92 Å². The van der Waals surface area contributed by atoms with Crippen molar-refractivity contribution in [3.05, 3.63) is 0 Å². The van der Waals surface area contributed by atoms with Gasteiger partial charge in [0.2, 0.25) is 5.91 Å². The summed E-state index contributed by atoms with van der Waals surface area (Å²) in [6, 6.07) is -0.460. The van der Waals surface area contributed by atoms with Gasteiger partial charge in [0.1, 0.15) is 0 Å². The molecule has 0 bridgehead atoms. The fourth-order valence-electron chi connectivity index (χ4n) is 0.562. The van der Waals surface area contributed by atoms with E-state index in [0.29, 0.717) is 6.54 Å². The van der Waals surface area contributed by atoms with Crippen molar-refractivity contribution in [1.82, 2.24) is 4.90 Å². The zero-order valence-electron chi connectivity index (χ0n) is 6.29. The van der Waals surface area contributed by atoms with Gasteiger partial charge in [-0.2, -0.15) is 0 Å². The van der Waals surface area contributed by atoms with Crippen molar-refractivity contribution in [3.63, 3.8) is 0 Å². The third-order valence-corrected chi connectivity index (χ3v) is 1.09. The van der Waals surface area contributed by atoms with Crippen LogP contribution in [-0.2, 0) is 4.79 Å². The summed E-state index contributed by atoms with van der Waals surface area (Å²) in [4.78, 5) is 12.4. The Labute approximate surface area is 61.2 Å². The smallest absolute Gasteiger partial charge is 0.239 e. The van der Waals surface area contributed by atoms with Crippen LogP contribution in [0.3, 0.4) is 0 Å². The van der Waals surface area contributed by atoms with Gasteiger partial charge in [-0.25, -0.2) is 0 Å². The maximum atomic E-state index is 10.9. The molecule has 56 valence electrons. The third kappa shape index (κ3) is 2.51. The van der Waals surface area contributed by atoms with Crippen LogP contribution in [0.2, 0.25) is 0 Å². The Hall–Kier alpha value is -1.01. The molecule has 0 aliphatic carbocycles. The quantitative estimate of drug-likeness (QED) is 0.522. The molecule has 0 heterocycles. The number of hydrogen-bond donors (Lipinski definition) is 1. The largest absolute Gasteiger partial charge is 0.333 e. The summed E-state index contributed by atoms with van der Waals surface area (Å²) in [7, 11) is 1.63. The topological polar surface area (TPSA) is 46.3 Å². The molecular formula is C7H12N2O. The Balaban J connectivity index is 3.85. The first-order valence-electron chi connectivity index (χ1n) is 3.03. The molecule has 0 spiro atoms. The van der Waals surface area contributed by atoms with E-state index in [1.807, 2.05) is 0 Å². The number of nitrogens with two attached hydrogens (primary N) is 1. The minimum Gasteiger partial charge on any atom is -0.333 e. The van der Waals surface area contributed by atoms with Gasteiger partial charge < -0.3 is 10.6 Å². The van der Waals surface area contributed by atoms with Crippen LogP contribution in [0.15, 0.2) is 0 Å². The Morgan fingerprint density at radius 1 is 1.90 bits per heavy atom. The molecule has 0 unspecified atom stereocenters. The first-order valence-corrected chi connectivity index (χ1v) is 3.03. The normalized spacial score (nSPS) is 11.8. The highest BCUT2D eigenvalue weighted by Gasteiger charge is 2.10. The van der Waals surface area contributed by atoms with Gasteiger partial charge in [0, 0.05) is 7.05 Å². The first-order chi connectivity index (χ1) is 4.59. The number of hydrogen-bond acceptors (Lipinski definition) is 2. The zero-order chi connectivity index (χ0) is 8.15. The van der Waals surface area contributed by atoms with Crippen LogP contribution >= 0.6 is 0 Å². The summed E-state index contributed by atoms with van der Waals surface area (Å²) < 4.78 is 0. The number of nitrogens with zero attached hydrogens (tertiary/aromatic N) is 1. The van der Waals surface area contributed by atoms with E-state index in [-0.39, 0.29) is 5.91 Å². The van der Waals surface area contributed by atoms with Crippen molar-refractivity contribution in [2.45, 2.75) is 13.0 Å². The summed E-state index contributed by atoms with van der Waals surface area (Å²) in [5.41, 5.74) is 5.31. The summed E-state index contributed by atoms with van der Waals surface area (Å²) in [6.07, 6.45) is 4.98. The highest BCUT2D eigenvalue weighted by molar-refractivity contribution is 5.81. The van der Waals surface area contributed by atoms with Crippen LogP contribution in [0.1, 0.15) is 6.92 Å². The summed E-state index contributed by atoms with van der Waals surface area (Å²) in [5.74, 6) is 2.23. The van der Waals surface area contributed by atoms with Crippen LogP contribution in [0.5, 0.6) is 0 Å². The average molecular weight is 140 g/mol. The second-order valence-corrected chi connectivity index (χ2v) is 2.19. The van der Waals surface area contributed by atoms with Crippen LogP contribution < -0.4 is 5.73 Å². The molecule has 0 fully saturated rings. The van der Waals surface area contributed by atoms with E-state index in [4.69, 9.17) is 12.2 Å². The highest BCUT2D eigenvalue weighted by Crippen LogP contribution is 1.86. The molecule has 3 nitrogen and oxygen atoms in total. The molecule has 10 heavy (non-hydrogen) atoms. The maximum Gasteiger partial charge on any atom is 0.239 e. The maximum absolute atomic E-state index is 10.9. The SMILES string of the molecule is C#CCN(C)C(=O)[C@@H](C)N. The monoisotopic (exact) mass is 140 g/mol. The molecule has 1 amide bonds. The summed E-state index contributed by atoms with van der Waals surface area (Å²) in [6.45, 7) is 1.95. The van der Waals surface area contributed by atoms with E-state index in [9.17, 15) is 4.79 Å². The van der Waals surface area contributed by atoms with Crippen molar-refractivity contribution in [3.8, 4) is 12.3 Å². The Morgan fingerprint density at radius 2 is 2.40 bits per heavy atom. The molecule has 0 rings (SSSR count). The van der Waals surface area contributed by atoms with Crippen molar-refractivity contribution >= 4 is 5.91 Å². The minimum atomic E-state index is -0.460. The molecule has 0 aromatic rings. The number of likely N-dealkylation sites (N-methyl/N-ethyl adjacent to an activating group) is 1. The number of terminal acetylenes is 1. The highest BCUT2D eigenvalue weighted by atomic mass is 16.2. The number of rotatable bonds is 2. The van der Waals surface area contributed by atoms with Gasteiger partial charge in [0.05, 0.1) is 12.6 Å². The molecule has 0 saturated heterocycles. The van der Waals surface area contributed by atoms with E-state index in [1.165, 1.54) is 4.90 Å². The lowest BCUT2D eigenvalue weighted by molar-refractivity contribution is -0.130. The predicted molar refractivity (Wildman–Crippen MR) is 40.1 cm³/mol. The second kappa shape index (κ2) is 3.91. The molecule has 0 aliphatic heterocycles. The van der Waals surface area contributed by atoms with Crippen molar-refractivity contribution in [2.24, 2.45) is 5.73 Å². The van der Waals surface area contributed by atoms with E-state index >= 15 is 0 Å². The molecule has 1 atom stereocenters. The molecule has 0 aromatic heterocycles. The standard InChI is InChI=1S/C7H12N2O/c1-4-5-9(3)7(10)6(2)8/h1,6H,5,8H2,2-3H3/t6-/m1/s1. The molecule has 0 aromatic carbocycles. The average Bonchev–Trinajstić information content (AvgIpc) is 1.87. The molecule has 0 saturated carbocycles. The van der Waals surface area contributed by atoms with Crippen LogP contribution in [0.4, 0.5) is 0 Å². The van der Waals surface area contributed by atoms with Crippen LogP contribution in [0, 0.1) is 12.3 Å². The minimum absolute atomic E-state index is 0.127. The van der Waals surface area contributed by atoms with E-state index in [2.05, 4.69) is 5.92 Å². The number of carbonyl (C=O) groups is 1. The summed E-state index contributed by atoms with van der Waals surface area (Å²) in [5, 5.41) is 0. The van der Waals surface area contributed by atoms with Crippen LogP contribution in [-0.4, -0.2) is 30.4 Å². The van der Waals surface area contributed by atoms with Gasteiger partial charge in [0.15, 0.2) is 0 Å². The molecule has 0 radical (unpaired) electrons. The van der Waals surface area contributed by atoms with Crippen LogP contribution in [0.25, 0.3) is 0 Å². The van der Waals surface area contributed by atoms with Crippen molar-refractivity contribution in [2.75, 3.05) is 13.6 Å². The first kappa shape index (κ1) is 8.99. The Morgan fingerprint density at radius 3 is 2.70 bits per heavy atom. The fourth-order valence-corrected chi connectivity index (χ4v) is 0.562. The predicted octanol–water partition coefficient (Wildman–Crippen LogP) is -0.575. The molecule has 3 heteroatoms. The van der Waals surface area contributed by atoms with Crippen molar-refractivity contribution in [1.29, 1.82) is 0 Å². The molecule has 2 N–H and O–H groups in total. The summed E-state index contributed by atoms with van der Waals surface area (Å²) >= 11 is 0. The van der Waals surface area contributed by atoms with Gasteiger partial charge in [-0.3, -0.25) is 4.79 Å². The fraction of sp³-hybridized carbons (Fsp3) is 0.571. The molecule has 0 aliphatic rings. The van der Waals surface area contributed by atoms with Gasteiger partial charge in [-0.15, -0.1) is 6.42 Å². The van der Waals surface area contributed by atoms with E-state index in [1.54, 1.807) is 14.0 Å². The Bertz CT molecular complexity index is 157. The lowest BCUT2D eigenvalue weighted by Crippen LogP contribution is -2.39. The Kier molecular flexibility index (Phi) is 3.52. The number of amides is 1. The van der Waals surface area contributed by atoms with E-state index < -0.39 is 6.04 Å².